The number of rotatable bonds is 2. The molecule has 0 aliphatic heterocycles. The zero-order valence-electron chi connectivity index (χ0n) is 10.5. The molecule has 2 nitrogen and oxygen atoms in total. The molecule has 6 heteroatoms. The Morgan fingerprint density at radius 2 is 2.26 bits per heavy atom. The van der Waals surface area contributed by atoms with E-state index in [0.29, 0.717) is 16.1 Å². The van der Waals surface area contributed by atoms with Crippen molar-refractivity contribution in [1.29, 1.82) is 0 Å². The molecule has 0 bridgehead atoms. The van der Waals surface area contributed by atoms with Crippen LogP contribution in [0.15, 0.2) is 12.1 Å². The first kappa shape index (κ1) is 13.5. The lowest BCUT2D eigenvalue weighted by atomic mass is 10.2. The van der Waals surface area contributed by atoms with Gasteiger partial charge in [-0.3, -0.25) is 0 Å². The zero-order valence-corrected chi connectivity index (χ0v) is 12.8. The van der Waals surface area contributed by atoms with Gasteiger partial charge in [-0.25, -0.2) is 4.39 Å². The number of nitrogens with zero attached hydrogens (tertiary/aromatic N) is 1. The van der Waals surface area contributed by atoms with Crippen molar-refractivity contribution < 1.29 is 4.39 Å². The molecule has 1 aromatic heterocycles. The largest absolute Gasteiger partial charge is 0.331 e. The quantitative estimate of drug-likeness (QED) is 0.791. The molecule has 2 atom stereocenters. The number of benzene rings is 1. The van der Waals surface area contributed by atoms with Crippen LogP contribution in [0.1, 0.15) is 25.3 Å². The fourth-order valence-electron chi connectivity index (χ4n) is 2.93. The summed E-state index contributed by atoms with van der Waals surface area (Å²) in [5.74, 6) is -0.393. The fraction of sp³-hybridized carbons (Fsp3) is 0.462. The monoisotopic (exact) mass is 316 g/mol. The number of nitrogens with one attached hydrogen (secondary N) is 1. The molecule has 2 unspecified atom stereocenters. The normalized spacial score (nSPS) is 23.3. The van der Waals surface area contributed by atoms with Crippen LogP contribution in [0.4, 0.5) is 4.39 Å². The van der Waals surface area contributed by atoms with Crippen LogP contribution < -0.4 is 0 Å². The third kappa shape index (κ3) is 2.22. The summed E-state index contributed by atoms with van der Waals surface area (Å²) < 4.78 is 16.4. The number of aromatic nitrogens is 2. The molecule has 2 aromatic rings. The average molecular weight is 317 g/mol. The molecule has 0 amide bonds. The standard InChI is InChI=1S/C13H14ClFN2S2/c1-19-12-4-2-3-10(12)17-11-6-8(15)7(14)5-9(11)16-13(17)18/h5-6,10,12H,2-4H2,1H3,(H,16,18). The van der Waals surface area contributed by atoms with E-state index in [4.69, 9.17) is 23.8 Å². The highest BCUT2D eigenvalue weighted by molar-refractivity contribution is 7.99. The van der Waals surface area contributed by atoms with Crippen LogP contribution >= 0.6 is 35.6 Å². The van der Waals surface area contributed by atoms with E-state index in [1.807, 2.05) is 11.8 Å². The van der Waals surface area contributed by atoms with Crippen LogP contribution in [-0.4, -0.2) is 21.1 Å². The van der Waals surface area contributed by atoms with E-state index < -0.39 is 5.82 Å². The molecular weight excluding hydrogens is 303 g/mol. The van der Waals surface area contributed by atoms with Crippen molar-refractivity contribution in [3.05, 3.63) is 27.7 Å². The van der Waals surface area contributed by atoms with Gasteiger partial charge in [-0.15, -0.1) is 0 Å². The van der Waals surface area contributed by atoms with Gasteiger partial charge in [0.05, 0.1) is 16.1 Å². The van der Waals surface area contributed by atoms with E-state index in [0.717, 1.165) is 17.5 Å². The van der Waals surface area contributed by atoms with Gasteiger partial charge in [0.1, 0.15) is 5.82 Å². The van der Waals surface area contributed by atoms with Crippen molar-refractivity contribution >= 4 is 46.6 Å². The number of aromatic amines is 1. The summed E-state index contributed by atoms with van der Waals surface area (Å²) in [6.07, 6.45) is 5.60. The highest BCUT2D eigenvalue weighted by Crippen LogP contribution is 2.39. The molecule has 0 radical (unpaired) electrons. The maximum absolute atomic E-state index is 13.7. The van der Waals surface area contributed by atoms with Crippen molar-refractivity contribution in [3.63, 3.8) is 0 Å². The molecule has 1 aliphatic carbocycles. The van der Waals surface area contributed by atoms with E-state index in [9.17, 15) is 4.39 Å². The lowest BCUT2D eigenvalue weighted by molar-refractivity contribution is 0.535. The minimum atomic E-state index is -0.393. The van der Waals surface area contributed by atoms with Crippen LogP contribution in [0.25, 0.3) is 11.0 Å². The van der Waals surface area contributed by atoms with E-state index >= 15 is 0 Å². The molecule has 1 fully saturated rings. The third-order valence-electron chi connectivity index (χ3n) is 3.81. The van der Waals surface area contributed by atoms with Crippen molar-refractivity contribution in [2.75, 3.05) is 6.26 Å². The Hall–Kier alpha value is -0.520. The first-order valence-electron chi connectivity index (χ1n) is 6.24. The predicted octanol–water partition coefficient (Wildman–Crippen LogP) is 4.95. The topological polar surface area (TPSA) is 20.7 Å². The summed E-state index contributed by atoms with van der Waals surface area (Å²) in [6.45, 7) is 0. The molecular formula is C13H14ClFN2S2. The van der Waals surface area contributed by atoms with E-state index in [2.05, 4.69) is 15.8 Å². The summed E-state index contributed by atoms with van der Waals surface area (Å²) >= 11 is 13.1. The highest BCUT2D eigenvalue weighted by Gasteiger charge is 2.29. The van der Waals surface area contributed by atoms with Crippen LogP contribution in [0.5, 0.6) is 0 Å². The molecule has 1 aliphatic rings. The highest BCUT2D eigenvalue weighted by atomic mass is 35.5. The van der Waals surface area contributed by atoms with Gasteiger partial charge in [0, 0.05) is 17.4 Å². The lowest BCUT2D eigenvalue weighted by Crippen LogP contribution is -2.15. The molecule has 3 rings (SSSR count). The van der Waals surface area contributed by atoms with E-state index in [1.165, 1.54) is 18.9 Å². The molecule has 1 saturated carbocycles. The second kappa shape index (κ2) is 5.11. The Bertz CT molecular complexity index is 679. The summed E-state index contributed by atoms with van der Waals surface area (Å²) in [7, 11) is 0. The van der Waals surface area contributed by atoms with E-state index in [1.54, 1.807) is 6.07 Å². The SMILES string of the molecule is CSC1CCCC1n1c(=S)[nH]c2cc(Cl)c(F)cc21. The smallest absolute Gasteiger partial charge is 0.178 e. The Kier molecular flexibility index (Phi) is 3.62. The van der Waals surface area contributed by atoms with Crippen molar-refractivity contribution in [3.8, 4) is 0 Å². The van der Waals surface area contributed by atoms with E-state index in [-0.39, 0.29) is 5.02 Å². The van der Waals surface area contributed by atoms with Gasteiger partial charge in [0.2, 0.25) is 0 Å². The number of fused-ring (bicyclic) bond motifs is 1. The Labute approximate surface area is 125 Å². The van der Waals surface area contributed by atoms with Crippen LogP contribution in [-0.2, 0) is 0 Å². The molecule has 19 heavy (non-hydrogen) atoms. The van der Waals surface area contributed by atoms with Gasteiger partial charge in [-0.05, 0) is 37.4 Å². The van der Waals surface area contributed by atoms with Crippen LogP contribution in [0.3, 0.4) is 0 Å². The predicted molar refractivity (Wildman–Crippen MR) is 82.3 cm³/mol. The minimum Gasteiger partial charge on any atom is -0.331 e. The number of H-pyrrole nitrogens is 1. The number of hydrogen-bond donors (Lipinski definition) is 1. The van der Waals surface area contributed by atoms with Crippen molar-refractivity contribution in [2.45, 2.75) is 30.6 Å². The zero-order chi connectivity index (χ0) is 13.6. The van der Waals surface area contributed by atoms with Gasteiger partial charge in [-0.1, -0.05) is 18.0 Å². The molecule has 0 saturated heterocycles. The fourth-order valence-corrected chi connectivity index (χ4v) is 4.41. The van der Waals surface area contributed by atoms with Crippen molar-refractivity contribution in [2.24, 2.45) is 0 Å². The second-order valence-electron chi connectivity index (χ2n) is 4.86. The summed E-state index contributed by atoms with van der Waals surface area (Å²) in [5, 5.41) is 0.674. The van der Waals surface area contributed by atoms with Crippen molar-refractivity contribution in [1.82, 2.24) is 9.55 Å². The first-order valence-corrected chi connectivity index (χ1v) is 8.31. The number of halogens is 2. The number of imidazole rings is 1. The van der Waals surface area contributed by atoms with Crippen LogP contribution in [0, 0.1) is 10.6 Å². The molecule has 0 spiro atoms. The average Bonchev–Trinajstić information content (AvgIpc) is 2.93. The molecule has 1 N–H and O–H groups in total. The Morgan fingerprint density at radius 3 is 3.00 bits per heavy atom. The van der Waals surface area contributed by atoms with Gasteiger partial charge in [0.15, 0.2) is 4.77 Å². The van der Waals surface area contributed by atoms with Gasteiger partial charge >= 0.3 is 0 Å². The van der Waals surface area contributed by atoms with Crippen LogP contribution in [0.2, 0.25) is 5.02 Å². The summed E-state index contributed by atoms with van der Waals surface area (Å²) in [6, 6.07) is 3.44. The summed E-state index contributed by atoms with van der Waals surface area (Å²) in [5.41, 5.74) is 1.63. The molecule has 1 heterocycles. The molecule has 1 aromatic carbocycles. The van der Waals surface area contributed by atoms with Gasteiger partial charge in [-0.2, -0.15) is 11.8 Å². The number of hydrogen-bond acceptors (Lipinski definition) is 2. The maximum Gasteiger partial charge on any atom is 0.178 e. The minimum absolute atomic E-state index is 0.128. The summed E-state index contributed by atoms with van der Waals surface area (Å²) in [4.78, 5) is 3.13. The Morgan fingerprint density at radius 1 is 1.47 bits per heavy atom. The van der Waals surface area contributed by atoms with Gasteiger partial charge < -0.3 is 9.55 Å². The second-order valence-corrected chi connectivity index (χ2v) is 6.73. The third-order valence-corrected chi connectivity index (χ3v) is 5.55. The lowest BCUT2D eigenvalue weighted by Gasteiger charge is -2.20. The first-order chi connectivity index (χ1) is 9.11. The maximum atomic E-state index is 13.7. The van der Waals surface area contributed by atoms with Gasteiger partial charge in [0.25, 0.3) is 0 Å². The Balaban J connectivity index is 2.20. The molecule has 102 valence electrons. The number of thioether (sulfide) groups is 1.